The lowest BCUT2D eigenvalue weighted by Crippen LogP contribution is -2.38. The third-order valence-electron chi connectivity index (χ3n) is 5.36. The van der Waals surface area contributed by atoms with Crippen LogP contribution in [0.1, 0.15) is 41.3 Å². The van der Waals surface area contributed by atoms with Crippen LogP contribution >= 0.6 is 0 Å². The molecule has 0 aliphatic carbocycles. The molecule has 0 bridgehead atoms. The SMILES string of the molecule is Cc1ccc(/C=C/C(=O)N2CCCC(c3nc4ccccc4[nH]3)C2)c(C)c1. The first-order valence-corrected chi connectivity index (χ1v) is 9.59. The fraction of sp³-hybridized carbons (Fsp3) is 0.304. The van der Waals surface area contributed by atoms with Gasteiger partial charge in [-0.2, -0.15) is 0 Å². The fourth-order valence-corrected chi connectivity index (χ4v) is 3.85. The van der Waals surface area contributed by atoms with Gasteiger partial charge in [0.05, 0.1) is 11.0 Å². The Bertz CT molecular complexity index is 969. The number of hydrogen-bond donors (Lipinski definition) is 1. The van der Waals surface area contributed by atoms with Crippen LogP contribution in [0.4, 0.5) is 0 Å². The van der Waals surface area contributed by atoms with Gasteiger partial charge >= 0.3 is 0 Å². The number of aryl methyl sites for hydroxylation is 2. The number of nitrogens with one attached hydrogen (secondary N) is 1. The van der Waals surface area contributed by atoms with Crippen molar-refractivity contribution in [3.05, 3.63) is 71.1 Å². The Morgan fingerprint density at radius 2 is 2.07 bits per heavy atom. The maximum Gasteiger partial charge on any atom is 0.246 e. The van der Waals surface area contributed by atoms with Crippen molar-refractivity contribution in [2.75, 3.05) is 13.1 Å². The molecule has 4 heteroatoms. The van der Waals surface area contributed by atoms with Crippen LogP contribution in [0.3, 0.4) is 0 Å². The van der Waals surface area contributed by atoms with E-state index in [0.29, 0.717) is 0 Å². The molecule has 1 fully saturated rings. The molecule has 1 unspecified atom stereocenters. The summed E-state index contributed by atoms with van der Waals surface area (Å²) in [6, 6.07) is 14.4. The van der Waals surface area contributed by atoms with Crippen LogP contribution in [-0.2, 0) is 4.79 Å². The summed E-state index contributed by atoms with van der Waals surface area (Å²) in [5.74, 6) is 1.34. The van der Waals surface area contributed by atoms with Crippen LogP contribution < -0.4 is 0 Å². The Morgan fingerprint density at radius 3 is 2.89 bits per heavy atom. The Balaban J connectivity index is 1.47. The monoisotopic (exact) mass is 359 g/mol. The van der Waals surface area contributed by atoms with E-state index in [0.717, 1.165) is 48.4 Å². The van der Waals surface area contributed by atoms with Crippen LogP contribution in [0, 0.1) is 13.8 Å². The maximum absolute atomic E-state index is 12.7. The van der Waals surface area contributed by atoms with E-state index >= 15 is 0 Å². The van der Waals surface area contributed by atoms with Crippen LogP contribution in [0.15, 0.2) is 48.5 Å². The molecular formula is C23H25N3O. The van der Waals surface area contributed by atoms with E-state index < -0.39 is 0 Å². The molecule has 0 radical (unpaired) electrons. The highest BCUT2D eigenvalue weighted by Gasteiger charge is 2.25. The van der Waals surface area contributed by atoms with E-state index in [-0.39, 0.29) is 11.8 Å². The fourth-order valence-electron chi connectivity index (χ4n) is 3.85. The van der Waals surface area contributed by atoms with Gasteiger partial charge in [0.2, 0.25) is 5.91 Å². The van der Waals surface area contributed by atoms with Gasteiger partial charge in [-0.3, -0.25) is 4.79 Å². The Morgan fingerprint density at radius 1 is 1.22 bits per heavy atom. The minimum atomic E-state index is 0.0794. The van der Waals surface area contributed by atoms with Crippen molar-refractivity contribution in [3.63, 3.8) is 0 Å². The average molecular weight is 359 g/mol. The van der Waals surface area contributed by atoms with Gasteiger partial charge in [-0.15, -0.1) is 0 Å². The molecule has 138 valence electrons. The van der Waals surface area contributed by atoms with Crippen LogP contribution in [0.25, 0.3) is 17.1 Å². The number of piperidine rings is 1. The molecule has 1 atom stereocenters. The summed E-state index contributed by atoms with van der Waals surface area (Å²) in [7, 11) is 0. The van der Waals surface area contributed by atoms with Crippen molar-refractivity contribution in [2.45, 2.75) is 32.6 Å². The number of fused-ring (bicyclic) bond motifs is 1. The summed E-state index contributed by atoms with van der Waals surface area (Å²) in [6.45, 7) is 5.69. The van der Waals surface area contributed by atoms with Crippen LogP contribution in [0.5, 0.6) is 0 Å². The zero-order chi connectivity index (χ0) is 18.8. The minimum Gasteiger partial charge on any atom is -0.342 e. The van der Waals surface area contributed by atoms with E-state index in [4.69, 9.17) is 4.98 Å². The zero-order valence-corrected chi connectivity index (χ0v) is 15.9. The van der Waals surface area contributed by atoms with E-state index in [1.54, 1.807) is 6.08 Å². The second-order valence-electron chi connectivity index (χ2n) is 7.46. The molecule has 1 saturated heterocycles. The number of H-pyrrole nitrogens is 1. The van der Waals surface area contributed by atoms with E-state index in [9.17, 15) is 4.79 Å². The maximum atomic E-state index is 12.7. The molecule has 4 rings (SSSR count). The predicted molar refractivity (Wildman–Crippen MR) is 110 cm³/mol. The van der Waals surface area contributed by atoms with Crippen LogP contribution in [0.2, 0.25) is 0 Å². The number of aromatic nitrogens is 2. The number of nitrogens with zero attached hydrogens (tertiary/aromatic N) is 2. The normalized spacial score (nSPS) is 17.7. The molecule has 4 nitrogen and oxygen atoms in total. The van der Waals surface area contributed by atoms with E-state index in [2.05, 4.69) is 37.0 Å². The smallest absolute Gasteiger partial charge is 0.246 e. The summed E-state index contributed by atoms with van der Waals surface area (Å²) < 4.78 is 0. The number of imidazole rings is 1. The first-order chi connectivity index (χ1) is 13.1. The predicted octanol–water partition coefficient (Wildman–Crippen LogP) is 4.60. The number of para-hydroxylation sites is 2. The van der Waals surface area contributed by atoms with Gasteiger partial charge in [-0.1, -0.05) is 35.9 Å². The number of amides is 1. The molecule has 1 aromatic heterocycles. The molecule has 27 heavy (non-hydrogen) atoms. The molecule has 1 aliphatic rings. The van der Waals surface area contributed by atoms with Crippen molar-refractivity contribution in [1.82, 2.24) is 14.9 Å². The van der Waals surface area contributed by atoms with Crippen molar-refractivity contribution < 1.29 is 4.79 Å². The Kier molecular flexibility index (Phi) is 4.80. The van der Waals surface area contributed by atoms with Crippen LogP contribution in [-0.4, -0.2) is 33.9 Å². The van der Waals surface area contributed by atoms with Crippen molar-refractivity contribution >= 4 is 23.0 Å². The first kappa shape index (κ1) is 17.5. The third kappa shape index (κ3) is 3.80. The highest BCUT2D eigenvalue weighted by molar-refractivity contribution is 5.92. The lowest BCUT2D eigenvalue weighted by atomic mass is 9.97. The second kappa shape index (κ2) is 7.39. The molecule has 0 saturated carbocycles. The van der Waals surface area contributed by atoms with Crippen molar-refractivity contribution in [3.8, 4) is 0 Å². The van der Waals surface area contributed by atoms with Gasteiger partial charge in [-0.25, -0.2) is 4.98 Å². The summed E-state index contributed by atoms with van der Waals surface area (Å²) in [6.07, 6.45) is 5.70. The second-order valence-corrected chi connectivity index (χ2v) is 7.46. The highest BCUT2D eigenvalue weighted by atomic mass is 16.2. The molecule has 3 aromatic rings. The number of rotatable bonds is 3. The topological polar surface area (TPSA) is 49.0 Å². The molecule has 2 heterocycles. The Hall–Kier alpha value is -2.88. The third-order valence-corrected chi connectivity index (χ3v) is 5.36. The number of carbonyl (C=O) groups is 1. The standard InChI is InChI=1S/C23H25N3O/c1-16-9-10-18(17(2)14-16)11-12-22(27)26-13-5-6-19(15-26)23-24-20-7-3-4-8-21(20)25-23/h3-4,7-12,14,19H,5-6,13,15H2,1-2H3,(H,24,25)/b12-11+. The van der Waals surface area contributed by atoms with Gasteiger partial charge in [0.15, 0.2) is 0 Å². The molecule has 1 aliphatic heterocycles. The summed E-state index contributed by atoms with van der Waals surface area (Å²) in [5, 5.41) is 0. The molecule has 0 spiro atoms. The highest BCUT2D eigenvalue weighted by Crippen LogP contribution is 2.27. The molecular weight excluding hydrogens is 334 g/mol. The lowest BCUT2D eigenvalue weighted by molar-refractivity contribution is -0.127. The minimum absolute atomic E-state index is 0.0794. The molecule has 2 aromatic carbocycles. The molecule has 1 N–H and O–H groups in total. The first-order valence-electron chi connectivity index (χ1n) is 9.59. The zero-order valence-electron chi connectivity index (χ0n) is 15.9. The van der Waals surface area contributed by atoms with Crippen molar-refractivity contribution in [1.29, 1.82) is 0 Å². The van der Waals surface area contributed by atoms with Gasteiger partial charge in [-0.05, 0) is 56.0 Å². The summed E-state index contributed by atoms with van der Waals surface area (Å²) in [5.41, 5.74) is 5.58. The summed E-state index contributed by atoms with van der Waals surface area (Å²) >= 11 is 0. The quantitative estimate of drug-likeness (QED) is 0.695. The van der Waals surface area contributed by atoms with E-state index in [1.165, 1.54) is 11.1 Å². The molecule has 1 amide bonds. The Labute approximate surface area is 159 Å². The number of benzene rings is 2. The lowest BCUT2D eigenvalue weighted by Gasteiger charge is -2.31. The van der Waals surface area contributed by atoms with Gasteiger partial charge in [0.1, 0.15) is 5.82 Å². The largest absolute Gasteiger partial charge is 0.342 e. The number of carbonyl (C=O) groups excluding carboxylic acids is 1. The summed E-state index contributed by atoms with van der Waals surface area (Å²) in [4.78, 5) is 22.8. The van der Waals surface area contributed by atoms with Gasteiger partial charge < -0.3 is 9.88 Å². The van der Waals surface area contributed by atoms with Gasteiger partial charge in [0, 0.05) is 25.1 Å². The van der Waals surface area contributed by atoms with E-state index in [1.807, 2.05) is 35.2 Å². The van der Waals surface area contributed by atoms with Crippen molar-refractivity contribution in [2.24, 2.45) is 0 Å². The average Bonchev–Trinajstić information content (AvgIpc) is 3.11. The number of aromatic amines is 1. The number of hydrogen-bond acceptors (Lipinski definition) is 2. The number of likely N-dealkylation sites (tertiary alicyclic amines) is 1. The van der Waals surface area contributed by atoms with Gasteiger partial charge in [0.25, 0.3) is 0 Å².